The summed E-state index contributed by atoms with van der Waals surface area (Å²) in [6.45, 7) is 0.335. The lowest BCUT2D eigenvalue weighted by Crippen LogP contribution is -2.20. The first-order chi connectivity index (χ1) is 10.5. The van der Waals surface area contributed by atoms with E-state index >= 15 is 0 Å². The highest BCUT2D eigenvalue weighted by Gasteiger charge is 2.30. The molecule has 0 unspecified atom stereocenters. The van der Waals surface area contributed by atoms with Crippen LogP contribution < -0.4 is 0 Å². The van der Waals surface area contributed by atoms with Crippen molar-refractivity contribution >= 4 is 0 Å². The molecule has 0 aliphatic heterocycles. The Bertz CT molecular complexity index is 535. The minimum absolute atomic E-state index is 0.147. The van der Waals surface area contributed by atoms with Crippen molar-refractivity contribution in [3.63, 3.8) is 0 Å². The number of hydrogen-bond donors (Lipinski definition) is 0. The van der Waals surface area contributed by atoms with Crippen LogP contribution in [0.15, 0.2) is 36.4 Å². The number of nitrogens with zero attached hydrogens (tertiary/aromatic N) is 1. The molecule has 0 radical (unpaired) electrons. The lowest BCUT2D eigenvalue weighted by Gasteiger charge is -2.26. The van der Waals surface area contributed by atoms with E-state index in [0.29, 0.717) is 12.5 Å². The second-order valence-corrected chi connectivity index (χ2v) is 5.53. The Balaban J connectivity index is 1.77. The zero-order valence-electron chi connectivity index (χ0n) is 12.1. The first-order valence-electron chi connectivity index (χ1n) is 7.33. The minimum Gasteiger partial charge on any atom is -0.374 e. The van der Waals surface area contributed by atoms with Gasteiger partial charge in [-0.05, 0) is 49.3 Å². The second kappa shape index (κ2) is 7.46. The minimum atomic E-state index is -4.30. The molecule has 0 N–H and O–H groups in total. The van der Waals surface area contributed by atoms with Crippen LogP contribution in [0, 0.1) is 17.2 Å². The van der Waals surface area contributed by atoms with Crippen molar-refractivity contribution in [1.29, 1.82) is 5.26 Å². The van der Waals surface area contributed by atoms with Crippen LogP contribution in [-0.4, -0.2) is 6.10 Å². The molecule has 0 heterocycles. The van der Waals surface area contributed by atoms with Gasteiger partial charge in [-0.1, -0.05) is 18.2 Å². The molecule has 1 saturated carbocycles. The van der Waals surface area contributed by atoms with Crippen molar-refractivity contribution in [1.82, 2.24) is 0 Å². The van der Waals surface area contributed by atoms with E-state index in [1.165, 1.54) is 18.2 Å². The maximum atomic E-state index is 12.5. The van der Waals surface area contributed by atoms with Gasteiger partial charge in [0, 0.05) is 6.08 Å². The van der Waals surface area contributed by atoms with Crippen LogP contribution >= 0.6 is 0 Å². The lowest BCUT2D eigenvalue weighted by molar-refractivity contribution is -0.137. The van der Waals surface area contributed by atoms with E-state index in [0.717, 1.165) is 43.4 Å². The summed E-state index contributed by atoms with van der Waals surface area (Å²) in [5.41, 5.74) is 0.112. The first-order valence-corrected chi connectivity index (χ1v) is 7.33. The zero-order chi connectivity index (χ0) is 16.0. The van der Waals surface area contributed by atoms with Gasteiger partial charge in [0.25, 0.3) is 0 Å². The van der Waals surface area contributed by atoms with Gasteiger partial charge in [-0.3, -0.25) is 0 Å². The van der Waals surface area contributed by atoms with Gasteiger partial charge in [-0.2, -0.15) is 18.4 Å². The number of halogens is 3. The Morgan fingerprint density at radius 2 is 1.77 bits per heavy atom. The summed E-state index contributed by atoms with van der Waals surface area (Å²) in [5.74, 6) is 0.436. The van der Waals surface area contributed by atoms with E-state index in [2.05, 4.69) is 0 Å². The van der Waals surface area contributed by atoms with E-state index in [9.17, 15) is 13.2 Å². The van der Waals surface area contributed by atoms with Crippen LogP contribution in [0.5, 0.6) is 0 Å². The van der Waals surface area contributed by atoms with Crippen molar-refractivity contribution in [2.24, 2.45) is 5.92 Å². The van der Waals surface area contributed by atoms with E-state index in [-0.39, 0.29) is 6.10 Å². The van der Waals surface area contributed by atoms with Crippen LogP contribution in [-0.2, 0) is 17.5 Å². The molecule has 0 spiro atoms. The molecule has 5 heteroatoms. The van der Waals surface area contributed by atoms with Gasteiger partial charge in [0.15, 0.2) is 0 Å². The van der Waals surface area contributed by atoms with Crippen LogP contribution in [0.2, 0.25) is 0 Å². The second-order valence-electron chi connectivity index (χ2n) is 5.53. The maximum absolute atomic E-state index is 12.5. The number of alkyl halides is 3. The SMILES string of the molecule is N#C/C=C/[C@H]1CC[C@H](OCc2ccc(C(F)(F)F)cc2)CC1. The van der Waals surface area contributed by atoms with Crippen LogP contribution in [0.4, 0.5) is 13.2 Å². The lowest BCUT2D eigenvalue weighted by atomic mass is 9.87. The fourth-order valence-corrected chi connectivity index (χ4v) is 2.63. The summed E-state index contributed by atoms with van der Waals surface area (Å²) < 4.78 is 43.2. The van der Waals surface area contributed by atoms with E-state index in [1.807, 2.05) is 12.1 Å². The van der Waals surface area contributed by atoms with Gasteiger partial charge in [0.1, 0.15) is 0 Å². The predicted octanol–water partition coefficient (Wildman–Crippen LogP) is 4.86. The predicted molar refractivity (Wildman–Crippen MR) is 76.7 cm³/mol. The zero-order valence-corrected chi connectivity index (χ0v) is 12.1. The standard InChI is InChI=1S/C17H18F3NO/c18-17(19,20)15-7-3-14(4-8-15)12-22-16-9-5-13(6-10-16)2-1-11-21/h1-4,7-8,13,16H,5-6,9-10,12H2/b2-1+/t13-,16-. The normalized spacial score (nSPS) is 22.6. The van der Waals surface area contributed by atoms with Crippen molar-refractivity contribution in [3.8, 4) is 6.07 Å². The Hall–Kier alpha value is -1.80. The van der Waals surface area contributed by atoms with E-state index in [1.54, 1.807) is 0 Å². The molecule has 1 aromatic rings. The number of ether oxygens (including phenoxy) is 1. The quantitative estimate of drug-likeness (QED) is 0.744. The topological polar surface area (TPSA) is 33.0 Å². The fraction of sp³-hybridized carbons (Fsp3) is 0.471. The molecule has 2 nitrogen and oxygen atoms in total. The van der Waals surface area contributed by atoms with E-state index in [4.69, 9.17) is 10.00 Å². The molecule has 1 fully saturated rings. The third kappa shape index (κ3) is 4.88. The number of nitriles is 1. The third-order valence-electron chi connectivity index (χ3n) is 3.93. The number of rotatable bonds is 4. The molecule has 0 bridgehead atoms. The summed E-state index contributed by atoms with van der Waals surface area (Å²) >= 11 is 0. The molecular formula is C17H18F3NO. The molecule has 1 aliphatic carbocycles. The molecule has 0 amide bonds. The largest absolute Gasteiger partial charge is 0.416 e. The molecule has 1 aliphatic rings. The summed E-state index contributed by atoms with van der Waals surface area (Å²) in [6.07, 6.45) is 3.11. The summed E-state index contributed by atoms with van der Waals surface area (Å²) in [6, 6.07) is 7.09. The third-order valence-corrected chi connectivity index (χ3v) is 3.93. The average molecular weight is 309 g/mol. The van der Waals surface area contributed by atoms with Gasteiger partial charge in [-0.25, -0.2) is 0 Å². The Morgan fingerprint density at radius 1 is 1.14 bits per heavy atom. The average Bonchev–Trinajstić information content (AvgIpc) is 2.51. The van der Waals surface area contributed by atoms with Crippen molar-refractivity contribution in [3.05, 3.63) is 47.5 Å². The molecule has 0 atom stereocenters. The highest BCUT2D eigenvalue weighted by Crippen LogP contribution is 2.30. The van der Waals surface area contributed by atoms with Crippen molar-refractivity contribution in [2.75, 3.05) is 0 Å². The molecule has 22 heavy (non-hydrogen) atoms. The Labute approximate surface area is 128 Å². The Kier molecular flexibility index (Phi) is 5.62. The van der Waals surface area contributed by atoms with Gasteiger partial charge < -0.3 is 4.74 Å². The number of hydrogen-bond acceptors (Lipinski definition) is 2. The van der Waals surface area contributed by atoms with Crippen LogP contribution in [0.3, 0.4) is 0 Å². The van der Waals surface area contributed by atoms with Crippen molar-refractivity contribution < 1.29 is 17.9 Å². The van der Waals surface area contributed by atoms with Crippen LogP contribution in [0.25, 0.3) is 0 Å². The van der Waals surface area contributed by atoms with Crippen molar-refractivity contribution in [2.45, 2.75) is 44.6 Å². The summed E-state index contributed by atoms with van der Waals surface area (Å²) in [7, 11) is 0. The van der Waals surface area contributed by atoms with Gasteiger partial charge >= 0.3 is 6.18 Å². The Morgan fingerprint density at radius 3 is 2.32 bits per heavy atom. The molecule has 2 rings (SSSR count). The summed E-state index contributed by atoms with van der Waals surface area (Å²) in [5, 5.41) is 8.50. The summed E-state index contributed by atoms with van der Waals surface area (Å²) in [4.78, 5) is 0. The highest BCUT2D eigenvalue weighted by molar-refractivity contribution is 5.24. The smallest absolute Gasteiger partial charge is 0.374 e. The molecule has 0 aromatic heterocycles. The van der Waals surface area contributed by atoms with Gasteiger partial charge in [-0.15, -0.1) is 0 Å². The number of allylic oxidation sites excluding steroid dienone is 2. The number of benzene rings is 1. The maximum Gasteiger partial charge on any atom is 0.416 e. The molecule has 118 valence electrons. The fourth-order valence-electron chi connectivity index (χ4n) is 2.63. The first kappa shape index (κ1) is 16.6. The van der Waals surface area contributed by atoms with Gasteiger partial charge in [0.05, 0.1) is 24.3 Å². The van der Waals surface area contributed by atoms with Gasteiger partial charge in [0.2, 0.25) is 0 Å². The van der Waals surface area contributed by atoms with E-state index < -0.39 is 11.7 Å². The molecular weight excluding hydrogens is 291 g/mol. The molecule has 1 aromatic carbocycles. The highest BCUT2D eigenvalue weighted by atomic mass is 19.4. The molecule has 0 saturated heterocycles. The monoisotopic (exact) mass is 309 g/mol. The van der Waals surface area contributed by atoms with Crippen LogP contribution in [0.1, 0.15) is 36.8 Å².